The van der Waals surface area contributed by atoms with Crippen molar-refractivity contribution in [3.63, 3.8) is 0 Å². The zero-order valence-corrected chi connectivity index (χ0v) is 16.5. The Hall–Kier alpha value is -2.98. The van der Waals surface area contributed by atoms with Gasteiger partial charge in [-0.2, -0.15) is 0 Å². The normalized spacial score (nSPS) is 11.6. The topological polar surface area (TPSA) is 110 Å². The molecule has 8 nitrogen and oxygen atoms in total. The molecule has 0 saturated carbocycles. The van der Waals surface area contributed by atoms with E-state index in [9.17, 15) is 14.9 Å². The molecule has 0 aliphatic rings. The monoisotopic (exact) mass is 415 g/mol. The van der Waals surface area contributed by atoms with Gasteiger partial charge in [0.05, 0.1) is 10.2 Å². The molecule has 28 heavy (non-hydrogen) atoms. The van der Waals surface area contributed by atoms with Crippen LogP contribution in [0.25, 0.3) is 0 Å². The van der Waals surface area contributed by atoms with Crippen molar-refractivity contribution >= 4 is 45.5 Å². The molecule has 0 bridgehead atoms. The van der Waals surface area contributed by atoms with E-state index < -0.39 is 10.2 Å². The lowest BCUT2D eigenvalue weighted by Gasteiger charge is -2.10. The van der Waals surface area contributed by atoms with Gasteiger partial charge in [0.15, 0.2) is 4.34 Å². The molecule has 1 aromatic heterocycles. The standard InChI is InChI=1S/C18H17N5O3S2/c1-12(16(24)20-14-9-5-6-10-15(14)23(25)26)27-18-22-21-17(28-18)19-11-13-7-3-2-4-8-13/h2-10,12H,11H2,1H3,(H,19,21)(H,20,24). The van der Waals surface area contributed by atoms with Crippen LogP contribution in [0.3, 0.4) is 0 Å². The number of carbonyl (C=O) groups excluding carboxylic acids is 1. The molecule has 0 fully saturated rings. The fourth-order valence-electron chi connectivity index (χ4n) is 2.28. The van der Waals surface area contributed by atoms with E-state index in [-0.39, 0.29) is 17.3 Å². The number of amides is 1. The summed E-state index contributed by atoms with van der Waals surface area (Å²) in [5.74, 6) is -0.340. The van der Waals surface area contributed by atoms with E-state index in [0.29, 0.717) is 16.0 Å². The second kappa shape index (κ2) is 9.29. The number of hydrogen-bond acceptors (Lipinski definition) is 8. The summed E-state index contributed by atoms with van der Waals surface area (Å²) in [6.07, 6.45) is 0. The number of hydrogen-bond donors (Lipinski definition) is 2. The zero-order chi connectivity index (χ0) is 19.9. The molecule has 3 aromatic rings. The lowest BCUT2D eigenvalue weighted by Crippen LogP contribution is -2.22. The average molecular weight is 416 g/mol. The molecule has 2 aromatic carbocycles. The number of aromatic nitrogens is 2. The largest absolute Gasteiger partial charge is 0.356 e. The fraction of sp³-hybridized carbons (Fsp3) is 0.167. The van der Waals surface area contributed by atoms with Crippen molar-refractivity contribution in [2.75, 3.05) is 10.6 Å². The highest BCUT2D eigenvalue weighted by Gasteiger charge is 2.21. The number of benzene rings is 2. The Morgan fingerprint density at radius 1 is 1.18 bits per heavy atom. The summed E-state index contributed by atoms with van der Waals surface area (Å²) in [6, 6.07) is 16.0. The quantitative estimate of drug-likeness (QED) is 0.323. The number of rotatable bonds is 8. The number of nitro benzene ring substituents is 1. The Bertz CT molecular complexity index is 965. The fourth-order valence-corrected chi connectivity index (χ4v) is 4.17. The molecule has 1 heterocycles. The second-order valence-corrected chi connectivity index (χ2v) is 8.30. The Morgan fingerprint density at radius 2 is 1.89 bits per heavy atom. The van der Waals surface area contributed by atoms with E-state index >= 15 is 0 Å². The Labute approximate surface area is 169 Å². The third kappa shape index (κ3) is 5.27. The van der Waals surface area contributed by atoms with Crippen LogP contribution in [0.15, 0.2) is 58.9 Å². The SMILES string of the molecule is CC(Sc1nnc(NCc2ccccc2)s1)C(=O)Nc1ccccc1[N+](=O)[O-]. The highest BCUT2D eigenvalue weighted by Crippen LogP contribution is 2.30. The predicted octanol–water partition coefficient (Wildman–Crippen LogP) is 4.18. The summed E-state index contributed by atoms with van der Waals surface area (Å²) < 4.78 is 0.640. The van der Waals surface area contributed by atoms with Crippen molar-refractivity contribution in [1.82, 2.24) is 10.2 Å². The van der Waals surface area contributed by atoms with E-state index in [2.05, 4.69) is 20.8 Å². The molecule has 0 spiro atoms. The molecule has 0 aliphatic carbocycles. The highest BCUT2D eigenvalue weighted by molar-refractivity contribution is 8.02. The molecule has 10 heteroatoms. The highest BCUT2D eigenvalue weighted by atomic mass is 32.2. The molecule has 1 amide bonds. The van der Waals surface area contributed by atoms with Crippen LogP contribution in [-0.4, -0.2) is 26.3 Å². The summed E-state index contributed by atoms with van der Waals surface area (Å²) in [7, 11) is 0. The van der Waals surface area contributed by atoms with Crippen LogP contribution >= 0.6 is 23.1 Å². The number of nitrogens with zero attached hydrogens (tertiary/aromatic N) is 3. The number of anilines is 2. The van der Waals surface area contributed by atoms with Crippen LogP contribution in [0.4, 0.5) is 16.5 Å². The van der Waals surface area contributed by atoms with Gasteiger partial charge in [0.25, 0.3) is 5.69 Å². The summed E-state index contributed by atoms with van der Waals surface area (Å²) in [6.45, 7) is 2.35. The number of nitro groups is 1. The van der Waals surface area contributed by atoms with Crippen molar-refractivity contribution in [3.05, 3.63) is 70.3 Å². The number of nitrogens with one attached hydrogen (secondary N) is 2. The van der Waals surface area contributed by atoms with Crippen LogP contribution in [-0.2, 0) is 11.3 Å². The predicted molar refractivity (Wildman–Crippen MR) is 111 cm³/mol. The van der Waals surface area contributed by atoms with Crippen molar-refractivity contribution in [1.29, 1.82) is 0 Å². The lowest BCUT2D eigenvalue weighted by molar-refractivity contribution is -0.383. The van der Waals surface area contributed by atoms with Gasteiger partial charge in [-0.1, -0.05) is 65.6 Å². The van der Waals surface area contributed by atoms with E-state index in [1.807, 2.05) is 30.3 Å². The maximum Gasteiger partial charge on any atom is 0.292 e. The molecule has 0 saturated heterocycles. The first-order chi connectivity index (χ1) is 13.5. The van der Waals surface area contributed by atoms with Crippen LogP contribution < -0.4 is 10.6 Å². The molecular weight excluding hydrogens is 398 g/mol. The van der Waals surface area contributed by atoms with Crippen molar-refractivity contribution in [2.24, 2.45) is 0 Å². The first kappa shape index (κ1) is 19.8. The number of para-hydroxylation sites is 2. The third-order valence-electron chi connectivity index (χ3n) is 3.70. The van der Waals surface area contributed by atoms with Gasteiger partial charge in [0.1, 0.15) is 5.69 Å². The van der Waals surface area contributed by atoms with Crippen LogP contribution in [0.1, 0.15) is 12.5 Å². The van der Waals surface area contributed by atoms with E-state index in [1.54, 1.807) is 19.1 Å². The summed E-state index contributed by atoms with van der Waals surface area (Å²) >= 11 is 2.60. The first-order valence-corrected chi connectivity index (χ1v) is 10.0. The minimum atomic E-state index is -0.525. The average Bonchev–Trinajstić information content (AvgIpc) is 3.14. The third-order valence-corrected chi connectivity index (χ3v) is 5.76. The lowest BCUT2D eigenvalue weighted by atomic mass is 10.2. The smallest absolute Gasteiger partial charge is 0.292 e. The van der Waals surface area contributed by atoms with Crippen molar-refractivity contribution in [2.45, 2.75) is 23.1 Å². The molecule has 1 atom stereocenters. The van der Waals surface area contributed by atoms with Gasteiger partial charge >= 0.3 is 0 Å². The van der Waals surface area contributed by atoms with E-state index in [1.165, 1.54) is 35.2 Å². The Morgan fingerprint density at radius 3 is 2.64 bits per heavy atom. The molecule has 2 N–H and O–H groups in total. The van der Waals surface area contributed by atoms with Gasteiger partial charge in [-0.05, 0) is 18.6 Å². The number of carbonyl (C=O) groups is 1. The van der Waals surface area contributed by atoms with Crippen LogP contribution in [0.5, 0.6) is 0 Å². The van der Waals surface area contributed by atoms with Gasteiger partial charge < -0.3 is 10.6 Å². The van der Waals surface area contributed by atoms with E-state index in [4.69, 9.17) is 0 Å². The van der Waals surface area contributed by atoms with Crippen molar-refractivity contribution in [3.8, 4) is 0 Å². The van der Waals surface area contributed by atoms with Gasteiger partial charge in [-0.15, -0.1) is 10.2 Å². The van der Waals surface area contributed by atoms with Crippen molar-refractivity contribution < 1.29 is 9.72 Å². The van der Waals surface area contributed by atoms with Gasteiger partial charge in [-0.3, -0.25) is 14.9 Å². The van der Waals surface area contributed by atoms with Gasteiger partial charge in [0.2, 0.25) is 11.0 Å². The Balaban J connectivity index is 1.56. The maximum atomic E-state index is 12.4. The maximum absolute atomic E-state index is 12.4. The van der Waals surface area contributed by atoms with E-state index in [0.717, 1.165) is 5.56 Å². The van der Waals surface area contributed by atoms with Crippen LogP contribution in [0, 0.1) is 10.1 Å². The van der Waals surface area contributed by atoms with Gasteiger partial charge in [-0.25, -0.2) is 0 Å². The first-order valence-electron chi connectivity index (χ1n) is 8.35. The minimum absolute atomic E-state index is 0.142. The number of thioether (sulfide) groups is 1. The molecule has 0 aliphatic heterocycles. The molecule has 3 rings (SSSR count). The summed E-state index contributed by atoms with van der Waals surface area (Å²) in [5.41, 5.74) is 1.16. The zero-order valence-electron chi connectivity index (χ0n) is 14.9. The summed E-state index contributed by atoms with van der Waals surface area (Å²) in [4.78, 5) is 22.9. The van der Waals surface area contributed by atoms with Crippen LogP contribution in [0.2, 0.25) is 0 Å². The molecule has 1 unspecified atom stereocenters. The molecule has 0 radical (unpaired) electrons. The second-order valence-electron chi connectivity index (χ2n) is 5.74. The summed E-state index contributed by atoms with van der Waals surface area (Å²) in [5, 5.41) is 25.2. The molecule has 144 valence electrons. The van der Waals surface area contributed by atoms with Gasteiger partial charge in [0, 0.05) is 12.6 Å². The molecular formula is C18H17N5O3S2. The Kier molecular flexibility index (Phi) is 6.56. The minimum Gasteiger partial charge on any atom is -0.356 e.